The Morgan fingerprint density at radius 3 is 2.57 bits per heavy atom. The number of para-hydroxylation sites is 1. The SMILES string of the molecule is O=C(CSc1nnnn1-c1ccccc1)Nc1ccc(C[NH+]2CCCC2)cc1. The van der Waals surface area contributed by atoms with Crippen LogP contribution < -0.4 is 10.2 Å². The first-order chi connectivity index (χ1) is 13.8. The van der Waals surface area contributed by atoms with E-state index >= 15 is 0 Å². The first-order valence-electron chi connectivity index (χ1n) is 9.47. The lowest BCUT2D eigenvalue weighted by Crippen LogP contribution is -3.08. The predicted octanol–water partition coefficient (Wildman–Crippen LogP) is 1.57. The summed E-state index contributed by atoms with van der Waals surface area (Å²) in [6.07, 6.45) is 2.66. The van der Waals surface area contributed by atoms with Gasteiger partial charge in [-0.05, 0) is 34.7 Å². The van der Waals surface area contributed by atoms with Gasteiger partial charge in [0.1, 0.15) is 6.54 Å². The highest BCUT2D eigenvalue weighted by Crippen LogP contribution is 2.18. The number of quaternary nitrogens is 1. The lowest BCUT2D eigenvalue weighted by atomic mass is 10.2. The Kier molecular flexibility index (Phi) is 5.98. The number of anilines is 1. The molecule has 0 saturated carbocycles. The number of thioether (sulfide) groups is 1. The van der Waals surface area contributed by atoms with Crippen molar-refractivity contribution in [3.63, 3.8) is 0 Å². The third kappa shape index (κ3) is 4.76. The van der Waals surface area contributed by atoms with E-state index in [0.29, 0.717) is 5.16 Å². The molecule has 1 aromatic heterocycles. The number of amides is 1. The summed E-state index contributed by atoms with van der Waals surface area (Å²) in [4.78, 5) is 13.9. The van der Waals surface area contributed by atoms with E-state index in [0.717, 1.165) is 17.9 Å². The van der Waals surface area contributed by atoms with E-state index in [4.69, 9.17) is 0 Å². The van der Waals surface area contributed by atoms with Gasteiger partial charge in [0.05, 0.1) is 24.5 Å². The summed E-state index contributed by atoms with van der Waals surface area (Å²) in [6, 6.07) is 17.8. The number of hydrogen-bond donors (Lipinski definition) is 2. The van der Waals surface area contributed by atoms with Gasteiger partial charge in [-0.15, -0.1) is 5.10 Å². The molecule has 4 rings (SSSR count). The Bertz CT molecular complexity index is 906. The van der Waals surface area contributed by atoms with E-state index < -0.39 is 0 Å². The molecular formula is C20H23N6OS+. The van der Waals surface area contributed by atoms with Gasteiger partial charge < -0.3 is 10.2 Å². The Labute approximate surface area is 168 Å². The Hall–Kier alpha value is -2.71. The maximum atomic E-state index is 12.3. The number of nitrogens with one attached hydrogen (secondary N) is 2. The molecule has 2 heterocycles. The van der Waals surface area contributed by atoms with Crippen LogP contribution in [0.1, 0.15) is 18.4 Å². The van der Waals surface area contributed by atoms with E-state index in [2.05, 4.69) is 33.0 Å². The normalized spacial score (nSPS) is 14.3. The molecule has 2 N–H and O–H groups in total. The molecule has 1 aliphatic rings. The quantitative estimate of drug-likeness (QED) is 0.594. The third-order valence-corrected chi connectivity index (χ3v) is 5.70. The van der Waals surface area contributed by atoms with Crippen LogP contribution in [0.5, 0.6) is 0 Å². The fourth-order valence-corrected chi connectivity index (χ4v) is 4.06. The van der Waals surface area contributed by atoms with E-state index in [-0.39, 0.29) is 11.7 Å². The van der Waals surface area contributed by atoms with E-state index in [1.54, 1.807) is 9.58 Å². The zero-order chi connectivity index (χ0) is 19.2. The maximum Gasteiger partial charge on any atom is 0.234 e. The summed E-state index contributed by atoms with van der Waals surface area (Å²) < 4.78 is 1.63. The Morgan fingerprint density at radius 2 is 1.82 bits per heavy atom. The minimum absolute atomic E-state index is 0.0782. The molecule has 2 aromatic carbocycles. The van der Waals surface area contributed by atoms with Crippen LogP contribution in [0.2, 0.25) is 0 Å². The third-order valence-electron chi connectivity index (χ3n) is 4.78. The molecular weight excluding hydrogens is 372 g/mol. The molecule has 7 nitrogen and oxygen atoms in total. The second kappa shape index (κ2) is 8.99. The monoisotopic (exact) mass is 395 g/mol. The molecule has 0 unspecified atom stereocenters. The van der Waals surface area contributed by atoms with Crippen molar-refractivity contribution in [2.75, 3.05) is 24.2 Å². The zero-order valence-electron chi connectivity index (χ0n) is 15.5. The molecule has 0 aliphatic carbocycles. The van der Waals surface area contributed by atoms with Crippen LogP contribution in [0.4, 0.5) is 5.69 Å². The van der Waals surface area contributed by atoms with Crippen molar-refractivity contribution in [3.8, 4) is 5.69 Å². The highest BCUT2D eigenvalue weighted by atomic mass is 32.2. The van der Waals surface area contributed by atoms with E-state index in [1.165, 1.54) is 43.3 Å². The van der Waals surface area contributed by atoms with Gasteiger partial charge in [0.2, 0.25) is 11.1 Å². The van der Waals surface area contributed by atoms with Crippen molar-refractivity contribution in [2.24, 2.45) is 0 Å². The number of rotatable bonds is 7. The van der Waals surface area contributed by atoms with Crippen molar-refractivity contribution < 1.29 is 9.69 Å². The number of nitrogens with zero attached hydrogens (tertiary/aromatic N) is 4. The van der Waals surface area contributed by atoms with Crippen molar-refractivity contribution in [2.45, 2.75) is 24.5 Å². The number of carbonyl (C=O) groups is 1. The van der Waals surface area contributed by atoms with E-state index in [1.807, 2.05) is 42.5 Å². The van der Waals surface area contributed by atoms with Gasteiger partial charge in [-0.2, -0.15) is 4.68 Å². The summed E-state index contributed by atoms with van der Waals surface area (Å²) in [6.45, 7) is 3.59. The molecule has 1 fully saturated rings. The largest absolute Gasteiger partial charge is 0.331 e. The number of aromatic nitrogens is 4. The first kappa shape index (κ1) is 18.6. The minimum Gasteiger partial charge on any atom is -0.331 e. The summed E-state index contributed by atoms with van der Waals surface area (Å²) in [5, 5.41) is 15.3. The first-order valence-corrected chi connectivity index (χ1v) is 10.5. The molecule has 0 bridgehead atoms. The highest BCUT2D eigenvalue weighted by Gasteiger charge is 2.15. The van der Waals surface area contributed by atoms with Crippen molar-refractivity contribution in [3.05, 3.63) is 60.2 Å². The molecule has 1 saturated heterocycles. The summed E-state index contributed by atoms with van der Waals surface area (Å²) in [5.74, 6) is 0.165. The van der Waals surface area contributed by atoms with Gasteiger partial charge in [-0.25, -0.2) is 0 Å². The van der Waals surface area contributed by atoms with Crippen molar-refractivity contribution in [1.29, 1.82) is 0 Å². The molecule has 1 aliphatic heterocycles. The molecule has 3 aromatic rings. The topological polar surface area (TPSA) is 77.1 Å². The number of likely N-dealkylation sites (tertiary alicyclic amines) is 1. The fraction of sp³-hybridized carbons (Fsp3) is 0.300. The number of benzene rings is 2. The van der Waals surface area contributed by atoms with Gasteiger partial charge in [-0.1, -0.05) is 42.1 Å². The lowest BCUT2D eigenvalue weighted by Gasteiger charge is -2.12. The van der Waals surface area contributed by atoms with Gasteiger partial charge in [0.15, 0.2) is 0 Å². The predicted molar refractivity (Wildman–Crippen MR) is 109 cm³/mol. The zero-order valence-corrected chi connectivity index (χ0v) is 16.4. The summed E-state index contributed by atoms with van der Waals surface area (Å²) in [7, 11) is 0. The van der Waals surface area contributed by atoms with Gasteiger partial charge in [-0.3, -0.25) is 4.79 Å². The number of carbonyl (C=O) groups excluding carboxylic acids is 1. The second-order valence-electron chi connectivity index (χ2n) is 6.88. The van der Waals surface area contributed by atoms with Gasteiger partial charge in [0.25, 0.3) is 0 Å². The number of tetrazole rings is 1. The smallest absolute Gasteiger partial charge is 0.234 e. The molecule has 28 heavy (non-hydrogen) atoms. The van der Waals surface area contributed by atoms with Crippen LogP contribution in [0.3, 0.4) is 0 Å². The van der Waals surface area contributed by atoms with Crippen LogP contribution in [0.25, 0.3) is 5.69 Å². The van der Waals surface area contributed by atoms with Gasteiger partial charge in [0, 0.05) is 24.1 Å². The summed E-state index contributed by atoms with van der Waals surface area (Å²) in [5.41, 5.74) is 2.99. The minimum atomic E-state index is -0.0782. The fourth-order valence-electron chi connectivity index (χ4n) is 3.37. The second-order valence-corrected chi connectivity index (χ2v) is 7.82. The molecule has 0 spiro atoms. The number of hydrogen-bond acceptors (Lipinski definition) is 5. The van der Waals surface area contributed by atoms with Crippen LogP contribution >= 0.6 is 11.8 Å². The van der Waals surface area contributed by atoms with Crippen LogP contribution in [0.15, 0.2) is 59.8 Å². The van der Waals surface area contributed by atoms with Crippen LogP contribution in [-0.2, 0) is 11.3 Å². The molecule has 1 amide bonds. The highest BCUT2D eigenvalue weighted by molar-refractivity contribution is 7.99. The molecule has 8 heteroatoms. The Balaban J connectivity index is 1.30. The average molecular weight is 396 g/mol. The Morgan fingerprint density at radius 1 is 1.07 bits per heavy atom. The maximum absolute atomic E-state index is 12.3. The van der Waals surface area contributed by atoms with Crippen molar-refractivity contribution in [1.82, 2.24) is 20.2 Å². The average Bonchev–Trinajstić information content (AvgIpc) is 3.40. The van der Waals surface area contributed by atoms with Crippen molar-refractivity contribution >= 4 is 23.4 Å². The molecule has 144 valence electrons. The molecule has 0 atom stereocenters. The lowest BCUT2D eigenvalue weighted by molar-refractivity contribution is -0.901. The van der Waals surface area contributed by atoms with E-state index in [9.17, 15) is 4.79 Å². The molecule has 0 radical (unpaired) electrons. The van der Waals surface area contributed by atoms with Crippen LogP contribution in [0, 0.1) is 0 Å². The van der Waals surface area contributed by atoms with Gasteiger partial charge >= 0.3 is 0 Å². The summed E-state index contributed by atoms with van der Waals surface area (Å²) >= 11 is 1.31. The standard InChI is InChI=1S/C20H22N6OS/c27-19(15-28-20-22-23-24-26(20)18-6-2-1-3-7-18)21-17-10-8-16(9-11-17)14-25-12-4-5-13-25/h1-3,6-11H,4-5,12-15H2,(H,21,27)/p+1. The van der Waals surface area contributed by atoms with Crippen LogP contribution in [-0.4, -0.2) is 45.0 Å².